The van der Waals surface area contributed by atoms with Gasteiger partial charge in [0, 0.05) is 11.3 Å². The lowest BCUT2D eigenvalue weighted by molar-refractivity contribution is 0.0977. The first-order chi connectivity index (χ1) is 10.1. The number of benzene rings is 2. The lowest BCUT2D eigenvalue weighted by Crippen LogP contribution is -2.34. The number of thiocarbonyl (C=S) groups is 1. The second kappa shape index (κ2) is 6.95. The highest BCUT2D eigenvalue weighted by Crippen LogP contribution is 2.15. The highest BCUT2D eigenvalue weighted by molar-refractivity contribution is 7.80. The van der Waals surface area contributed by atoms with Gasteiger partial charge in [-0.1, -0.05) is 31.2 Å². The Morgan fingerprint density at radius 1 is 1.19 bits per heavy atom. The fourth-order valence-electron chi connectivity index (χ4n) is 1.91. The molecule has 0 atom stereocenters. The van der Waals surface area contributed by atoms with E-state index in [1.165, 1.54) is 18.2 Å². The summed E-state index contributed by atoms with van der Waals surface area (Å²) in [5.41, 5.74) is 2.17. The van der Waals surface area contributed by atoms with E-state index in [0.29, 0.717) is 0 Å². The smallest absolute Gasteiger partial charge is 0.257 e. The van der Waals surface area contributed by atoms with Gasteiger partial charge < -0.3 is 5.32 Å². The first-order valence-electron chi connectivity index (χ1n) is 6.56. The van der Waals surface area contributed by atoms with E-state index < -0.39 is 11.7 Å². The zero-order chi connectivity index (χ0) is 15.2. The van der Waals surface area contributed by atoms with Crippen LogP contribution in [-0.4, -0.2) is 11.0 Å². The minimum atomic E-state index is -0.460. The van der Waals surface area contributed by atoms with Crippen LogP contribution in [0, 0.1) is 5.82 Å². The summed E-state index contributed by atoms with van der Waals surface area (Å²) in [5.74, 6) is -0.904. The summed E-state index contributed by atoms with van der Waals surface area (Å²) in [5, 5.41) is 5.71. The Hall–Kier alpha value is -2.27. The molecule has 0 heterocycles. The summed E-state index contributed by atoms with van der Waals surface area (Å²) in [6, 6.07) is 13.2. The van der Waals surface area contributed by atoms with Gasteiger partial charge in [0.1, 0.15) is 5.82 Å². The largest absolute Gasteiger partial charge is 0.332 e. The standard InChI is InChI=1S/C16H15FN2OS/c1-2-11-6-3-4-9-14(11)18-16(21)19-15(20)12-7-5-8-13(17)10-12/h3-10H,2H2,1H3,(H2,18,19,20,21). The zero-order valence-electron chi connectivity index (χ0n) is 11.5. The third kappa shape index (κ3) is 4.10. The first-order valence-corrected chi connectivity index (χ1v) is 6.96. The molecule has 0 aliphatic carbocycles. The number of hydrogen-bond acceptors (Lipinski definition) is 2. The van der Waals surface area contributed by atoms with E-state index in [1.54, 1.807) is 0 Å². The molecule has 3 nitrogen and oxygen atoms in total. The molecule has 5 heteroatoms. The van der Waals surface area contributed by atoms with E-state index >= 15 is 0 Å². The van der Waals surface area contributed by atoms with Crippen molar-refractivity contribution in [1.82, 2.24) is 5.32 Å². The SMILES string of the molecule is CCc1ccccc1NC(=S)NC(=O)c1cccc(F)c1. The van der Waals surface area contributed by atoms with E-state index in [2.05, 4.69) is 10.6 Å². The van der Waals surface area contributed by atoms with Gasteiger partial charge >= 0.3 is 0 Å². The number of hydrogen-bond donors (Lipinski definition) is 2. The van der Waals surface area contributed by atoms with Crippen molar-refractivity contribution in [2.75, 3.05) is 5.32 Å². The number of carbonyl (C=O) groups excluding carboxylic acids is 1. The van der Waals surface area contributed by atoms with Gasteiger partial charge in [-0.3, -0.25) is 10.1 Å². The number of rotatable bonds is 3. The second-order valence-electron chi connectivity index (χ2n) is 4.43. The fourth-order valence-corrected chi connectivity index (χ4v) is 2.11. The highest BCUT2D eigenvalue weighted by Gasteiger charge is 2.09. The number of nitrogens with one attached hydrogen (secondary N) is 2. The maximum atomic E-state index is 13.1. The summed E-state index contributed by atoms with van der Waals surface area (Å²) in [4.78, 5) is 11.9. The van der Waals surface area contributed by atoms with Gasteiger partial charge in [0.2, 0.25) is 0 Å². The Balaban J connectivity index is 2.03. The van der Waals surface area contributed by atoms with E-state index in [-0.39, 0.29) is 10.7 Å². The molecule has 0 bridgehead atoms. The molecule has 0 unspecified atom stereocenters. The van der Waals surface area contributed by atoms with Crippen molar-refractivity contribution in [2.24, 2.45) is 0 Å². The maximum absolute atomic E-state index is 13.1. The molecule has 2 aromatic rings. The molecule has 0 spiro atoms. The molecular weight excluding hydrogens is 287 g/mol. The Labute approximate surface area is 128 Å². The van der Waals surface area contributed by atoms with Gasteiger partial charge in [-0.25, -0.2) is 4.39 Å². The van der Waals surface area contributed by atoms with Gasteiger partial charge in [0.05, 0.1) is 0 Å². The van der Waals surface area contributed by atoms with Crippen LogP contribution in [0.3, 0.4) is 0 Å². The van der Waals surface area contributed by atoms with Crippen LogP contribution < -0.4 is 10.6 Å². The van der Waals surface area contributed by atoms with Crippen LogP contribution in [0.4, 0.5) is 10.1 Å². The summed E-state index contributed by atoms with van der Waals surface area (Å²) < 4.78 is 13.1. The number of amides is 1. The summed E-state index contributed by atoms with van der Waals surface area (Å²) in [6.45, 7) is 2.04. The van der Waals surface area contributed by atoms with Crippen molar-refractivity contribution in [1.29, 1.82) is 0 Å². The third-order valence-electron chi connectivity index (χ3n) is 2.96. The van der Waals surface area contributed by atoms with Crippen LogP contribution in [0.5, 0.6) is 0 Å². The lowest BCUT2D eigenvalue weighted by Gasteiger charge is -2.12. The first kappa shape index (κ1) is 15.1. The molecule has 0 aromatic heterocycles. The summed E-state index contributed by atoms with van der Waals surface area (Å²) in [6.07, 6.45) is 0.851. The molecule has 0 aliphatic rings. The zero-order valence-corrected chi connectivity index (χ0v) is 12.3. The number of halogens is 1. The Bertz CT molecular complexity index is 673. The lowest BCUT2D eigenvalue weighted by atomic mass is 10.1. The van der Waals surface area contributed by atoms with E-state index in [1.807, 2.05) is 31.2 Å². The van der Waals surface area contributed by atoms with Crippen molar-refractivity contribution in [3.8, 4) is 0 Å². The molecule has 21 heavy (non-hydrogen) atoms. The Kier molecular flexibility index (Phi) is 5.00. The van der Waals surface area contributed by atoms with Gasteiger partial charge in [0.15, 0.2) is 5.11 Å². The Morgan fingerprint density at radius 2 is 1.95 bits per heavy atom. The number of aryl methyl sites for hydroxylation is 1. The number of anilines is 1. The van der Waals surface area contributed by atoms with Gasteiger partial charge in [-0.15, -0.1) is 0 Å². The minimum Gasteiger partial charge on any atom is -0.332 e. The van der Waals surface area contributed by atoms with Crippen LogP contribution in [-0.2, 0) is 6.42 Å². The normalized spacial score (nSPS) is 10.0. The van der Waals surface area contributed by atoms with Crippen molar-refractivity contribution < 1.29 is 9.18 Å². The quantitative estimate of drug-likeness (QED) is 0.852. The molecule has 0 aliphatic heterocycles. The van der Waals surface area contributed by atoms with Crippen LogP contribution in [0.1, 0.15) is 22.8 Å². The molecule has 0 radical (unpaired) electrons. The van der Waals surface area contributed by atoms with Gasteiger partial charge in [-0.2, -0.15) is 0 Å². The average Bonchev–Trinajstić information content (AvgIpc) is 2.47. The second-order valence-corrected chi connectivity index (χ2v) is 4.84. The highest BCUT2D eigenvalue weighted by atomic mass is 32.1. The van der Waals surface area contributed by atoms with Crippen molar-refractivity contribution in [3.05, 3.63) is 65.5 Å². The third-order valence-corrected chi connectivity index (χ3v) is 3.16. The maximum Gasteiger partial charge on any atom is 0.257 e. The van der Waals surface area contributed by atoms with Crippen molar-refractivity contribution in [2.45, 2.75) is 13.3 Å². The topological polar surface area (TPSA) is 41.1 Å². The molecule has 0 saturated carbocycles. The van der Waals surface area contributed by atoms with Crippen LogP contribution in [0.2, 0.25) is 0 Å². The molecule has 0 fully saturated rings. The predicted octanol–water partition coefficient (Wildman–Crippen LogP) is 3.51. The number of para-hydroxylation sites is 1. The fraction of sp³-hybridized carbons (Fsp3) is 0.125. The van der Waals surface area contributed by atoms with Crippen LogP contribution in [0.25, 0.3) is 0 Å². The molecule has 1 amide bonds. The van der Waals surface area contributed by atoms with Crippen LogP contribution >= 0.6 is 12.2 Å². The van der Waals surface area contributed by atoms with E-state index in [4.69, 9.17) is 12.2 Å². The molecule has 108 valence electrons. The molecule has 0 saturated heterocycles. The van der Waals surface area contributed by atoms with Crippen LogP contribution in [0.15, 0.2) is 48.5 Å². The van der Waals surface area contributed by atoms with Gasteiger partial charge in [-0.05, 0) is 48.5 Å². The molecule has 2 N–H and O–H groups in total. The average molecular weight is 302 g/mol. The molecule has 2 rings (SSSR count). The Morgan fingerprint density at radius 3 is 2.67 bits per heavy atom. The molecular formula is C16H15FN2OS. The van der Waals surface area contributed by atoms with Crippen molar-refractivity contribution >= 4 is 28.9 Å². The number of carbonyl (C=O) groups is 1. The summed E-state index contributed by atoms with van der Waals surface area (Å²) >= 11 is 5.12. The minimum absolute atomic E-state index is 0.185. The predicted molar refractivity (Wildman–Crippen MR) is 85.9 cm³/mol. The van der Waals surface area contributed by atoms with E-state index in [0.717, 1.165) is 23.7 Å². The van der Waals surface area contributed by atoms with Crippen molar-refractivity contribution in [3.63, 3.8) is 0 Å². The molecule has 2 aromatic carbocycles. The summed E-state index contributed by atoms with van der Waals surface area (Å²) in [7, 11) is 0. The van der Waals surface area contributed by atoms with E-state index in [9.17, 15) is 9.18 Å². The monoisotopic (exact) mass is 302 g/mol. The van der Waals surface area contributed by atoms with Gasteiger partial charge in [0.25, 0.3) is 5.91 Å².